The van der Waals surface area contributed by atoms with Crippen LogP contribution in [0.5, 0.6) is 0 Å². The van der Waals surface area contributed by atoms with Gasteiger partial charge in [-0.3, -0.25) is 4.79 Å². The van der Waals surface area contributed by atoms with Crippen molar-refractivity contribution < 1.29 is 25.2 Å². The van der Waals surface area contributed by atoms with Crippen molar-refractivity contribution in [3.8, 4) is 0 Å². The number of aliphatic hydroxyl groups is 3. The van der Waals surface area contributed by atoms with Gasteiger partial charge in [-0.1, -0.05) is 104 Å². The molecule has 0 bridgehead atoms. The van der Waals surface area contributed by atoms with Crippen molar-refractivity contribution in [2.75, 3.05) is 6.61 Å². The Balaban J connectivity index is 3.86. The third kappa shape index (κ3) is 14.1. The summed E-state index contributed by atoms with van der Waals surface area (Å²) in [6.07, 6.45) is 16.2. The second kappa shape index (κ2) is 19.3. The van der Waals surface area contributed by atoms with Crippen LogP contribution in [0, 0.1) is 11.8 Å². The third-order valence-corrected chi connectivity index (χ3v) is 6.18. The van der Waals surface area contributed by atoms with Gasteiger partial charge in [-0.05, 0) is 12.8 Å². The lowest BCUT2D eigenvalue weighted by Gasteiger charge is -2.30. The number of aliphatic hydroxyl groups excluding tert-OH is 3. The molecule has 4 N–H and O–H groups in total. The van der Waals surface area contributed by atoms with Crippen LogP contribution < -0.4 is 0 Å². The van der Waals surface area contributed by atoms with Crippen LogP contribution in [0.15, 0.2) is 0 Å². The Morgan fingerprint density at radius 3 is 1.48 bits per heavy atom. The molecule has 0 aromatic carbocycles. The van der Waals surface area contributed by atoms with Gasteiger partial charge < -0.3 is 20.4 Å². The van der Waals surface area contributed by atoms with Crippen molar-refractivity contribution in [1.29, 1.82) is 0 Å². The van der Waals surface area contributed by atoms with E-state index in [-0.39, 0.29) is 0 Å². The predicted molar refractivity (Wildman–Crippen MR) is 119 cm³/mol. The van der Waals surface area contributed by atoms with Crippen LogP contribution in [0.4, 0.5) is 0 Å². The highest BCUT2D eigenvalue weighted by Crippen LogP contribution is 2.28. The van der Waals surface area contributed by atoms with E-state index in [9.17, 15) is 20.1 Å². The average molecular weight is 417 g/mol. The van der Waals surface area contributed by atoms with E-state index in [0.29, 0.717) is 12.8 Å². The fourth-order valence-electron chi connectivity index (χ4n) is 4.24. The maximum absolute atomic E-state index is 11.5. The van der Waals surface area contributed by atoms with E-state index in [1.54, 1.807) is 6.92 Å². The highest BCUT2D eigenvalue weighted by molar-refractivity contribution is 5.70. The van der Waals surface area contributed by atoms with Crippen molar-refractivity contribution in [3.05, 3.63) is 0 Å². The Hall–Kier alpha value is -0.650. The number of unbranched alkanes of at least 4 members (excludes halogenated alkanes) is 13. The van der Waals surface area contributed by atoms with Gasteiger partial charge in [0.25, 0.3) is 0 Å². The minimum absolute atomic E-state index is 0.411. The molecule has 0 aliphatic carbocycles. The predicted octanol–water partition coefficient (Wildman–Crippen LogP) is 5.30. The first-order chi connectivity index (χ1) is 14.0. The molecule has 0 aliphatic heterocycles. The van der Waals surface area contributed by atoms with Crippen LogP contribution in [-0.4, -0.2) is 45.2 Å². The number of hydrogen-bond acceptors (Lipinski definition) is 4. The molecule has 4 atom stereocenters. The zero-order valence-electron chi connectivity index (χ0n) is 19.0. The minimum Gasteiger partial charge on any atom is -0.481 e. The van der Waals surface area contributed by atoms with Crippen LogP contribution in [0.2, 0.25) is 0 Å². The summed E-state index contributed by atoms with van der Waals surface area (Å²) in [7, 11) is 0. The maximum Gasteiger partial charge on any atom is 0.306 e. The normalized spacial score (nSPS) is 15.8. The van der Waals surface area contributed by atoms with Crippen LogP contribution >= 0.6 is 0 Å². The molecule has 29 heavy (non-hydrogen) atoms. The highest BCUT2D eigenvalue weighted by Gasteiger charge is 2.35. The van der Waals surface area contributed by atoms with E-state index < -0.39 is 36.6 Å². The van der Waals surface area contributed by atoms with E-state index in [1.807, 2.05) is 0 Å². The second-order valence-electron chi connectivity index (χ2n) is 8.64. The molecule has 0 saturated carbocycles. The van der Waals surface area contributed by atoms with Crippen molar-refractivity contribution in [2.24, 2.45) is 11.8 Å². The molecular formula is C24H48O5. The zero-order valence-corrected chi connectivity index (χ0v) is 19.0. The molecule has 0 radical (unpaired) electrons. The van der Waals surface area contributed by atoms with Gasteiger partial charge >= 0.3 is 5.97 Å². The number of carboxylic acid groups (broad SMARTS) is 1. The van der Waals surface area contributed by atoms with Crippen molar-refractivity contribution >= 4 is 5.97 Å². The van der Waals surface area contributed by atoms with Gasteiger partial charge in [0.2, 0.25) is 0 Å². The van der Waals surface area contributed by atoms with Gasteiger partial charge in [-0.2, -0.15) is 0 Å². The molecule has 0 spiro atoms. The molecule has 0 heterocycles. The molecule has 0 amide bonds. The Morgan fingerprint density at radius 1 is 0.724 bits per heavy atom. The molecule has 0 aromatic rings. The molecule has 0 saturated heterocycles. The number of carbonyl (C=O) groups is 1. The van der Waals surface area contributed by atoms with Crippen LogP contribution in [-0.2, 0) is 4.79 Å². The number of carboxylic acids is 1. The smallest absolute Gasteiger partial charge is 0.306 e. The van der Waals surface area contributed by atoms with Crippen molar-refractivity contribution in [1.82, 2.24) is 0 Å². The summed E-state index contributed by atoms with van der Waals surface area (Å²) in [5.74, 6) is -2.14. The summed E-state index contributed by atoms with van der Waals surface area (Å²) >= 11 is 0. The summed E-state index contributed by atoms with van der Waals surface area (Å²) in [5, 5.41) is 38.5. The van der Waals surface area contributed by atoms with Crippen LogP contribution in [0.1, 0.15) is 117 Å². The molecule has 174 valence electrons. The summed E-state index contributed by atoms with van der Waals surface area (Å²) in [6, 6.07) is 0. The van der Waals surface area contributed by atoms with Gasteiger partial charge in [-0.15, -0.1) is 0 Å². The van der Waals surface area contributed by atoms with Gasteiger partial charge in [0.15, 0.2) is 0 Å². The standard InChI is InChI=1S/C24H48O5/c1-3-5-6-7-8-9-10-11-12-13-14-15-16-17-18-21(20(4-2)24(28)29)23(27)22(26)19-25/h20-23,25-27H,3-19H2,1-2H3,(H,28,29). The summed E-state index contributed by atoms with van der Waals surface area (Å²) in [6.45, 7) is 3.49. The quantitative estimate of drug-likeness (QED) is 0.190. The van der Waals surface area contributed by atoms with Crippen molar-refractivity contribution in [3.63, 3.8) is 0 Å². The Kier molecular flexibility index (Phi) is 18.9. The highest BCUT2D eigenvalue weighted by atomic mass is 16.4. The monoisotopic (exact) mass is 416 g/mol. The Morgan fingerprint density at radius 2 is 1.14 bits per heavy atom. The topological polar surface area (TPSA) is 98.0 Å². The molecule has 0 aromatic heterocycles. The third-order valence-electron chi connectivity index (χ3n) is 6.18. The lowest BCUT2D eigenvalue weighted by molar-refractivity contribution is -0.148. The van der Waals surface area contributed by atoms with Gasteiger partial charge in [0.1, 0.15) is 6.10 Å². The number of hydrogen-bond donors (Lipinski definition) is 4. The lowest BCUT2D eigenvalue weighted by Crippen LogP contribution is -2.41. The van der Waals surface area contributed by atoms with Gasteiger partial charge in [0.05, 0.1) is 18.6 Å². The largest absolute Gasteiger partial charge is 0.481 e. The molecule has 4 unspecified atom stereocenters. The molecule has 0 rings (SSSR count). The van der Waals surface area contributed by atoms with E-state index in [4.69, 9.17) is 5.11 Å². The SMILES string of the molecule is CCCCCCCCCCCCCCCCC(C(CC)C(=O)O)C(O)C(O)CO. The first-order valence-corrected chi connectivity index (χ1v) is 12.2. The first-order valence-electron chi connectivity index (χ1n) is 12.2. The average Bonchev–Trinajstić information content (AvgIpc) is 2.71. The summed E-state index contributed by atoms with van der Waals surface area (Å²) in [5.41, 5.74) is 0. The fourth-order valence-corrected chi connectivity index (χ4v) is 4.24. The Bertz CT molecular complexity index is 374. The molecule has 5 nitrogen and oxygen atoms in total. The zero-order chi connectivity index (χ0) is 21.9. The fraction of sp³-hybridized carbons (Fsp3) is 0.958. The van der Waals surface area contributed by atoms with E-state index in [1.165, 1.54) is 70.6 Å². The second-order valence-corrected chi connectivity index (χ2v) is 8.64. The van der Waals surface area contributed by atoms with E-state index >= 15 is 0 Å². The minimum atomic E-state index is -1.28. The molecular weight excluding hydrogens is 368 g/mol. The molecule has 5 heteroatoms. The summed E-state index contributed by atoms with van der Waals surface area (Å²) in [4.78, 5) is 11.5. The van der Waals surface area contributed by atoms with E-state index in [0.717, 1.165) is 19.3 Å². The van der Waals surface area contributed by atoms with Crippen LogP contribution in [0.3, 0.4) is 0 Å². The molecule has 0 fully saturated rings. The Labute approximate surface area is 178 Å². The maximum atomic E-state index is 11.5. The van der Waals surface area contributed by atoms with Crippen molar-refractivity contribution in [2.45, 2.75) is 129 Å². The van der Waals surface area contributed by atoms with Crippen LogP contribution in [0.25, 0.3) is 0 Å². The summed E-state index contributed by atoms with van der Waals surface area (Å²) < 4.78 is 0. The first kappa shape index (κ1) is 28.4. The molecule has 0 aliphatic rings. The number of rotatable bonds is 21. The van der Waals surface area contributed by atoms with E-state index in [2.05, 4.69) is 6.92 Å². The lowest BCUT2D eigenvalue weighted by atomic mass is 9.80. The number of aliphatic carboxylic acids is 1. The van der Waals surface area contributed by atoms with Gasteiger partial charge in [-0.25, -0.2) is 0 Å². The van der Waals surface area contributed by atoms with Gasteiger partial charge in [0, 0.05) is 5.92 Å².